The van der Waals surface area contributed by atoms with Crippen LogP contribution in [0, 0.1) is 6.92 Å². The van der Waals surface area contributed by atoms with E-state index in [1.54, 1.807) is 35.6 Å². The summed E-state index contributed by atoms with van der Waals surface area (Å²) in [4.78, 5) is 17.3. The van der Waals surface area contributed by atoms with Gasteiger partial charge in [-0.1, -0.05) is 35.9 Å². The molecule has 0 unspecified atom stereocenters. The minimum atomic E-state index is -0.349. The molecule has 0 radical (unpaired) electrons. The highest BCUT2D eigenvalue weighted by molar-refractivity contribution is 7.80. The van der Waals surface area contributed by atoms with Crippen molar-refractivity contribution in [3.05, 3.63) is 76.8 Å². The molecule has 5 nitrogen and oxygen atoms in total. The van der Waals surface area contributed by atoms with Crippen LogP contribution in [0.2, 0.25) is 5.02 Å². The Morgan fingerprint density at radius 1 is 1.13 bits per heavy atom. The molecule has 0 saturated carbocycles. The molecule has 4 rings (SSSR count). The standard InChI is InChI=1S/C23H18ClN3O2S2/c1-13-6-5-7-15(20(13)29-2)21(28)27-23(30)25-14-10-11-17(24)16(12-14)22-26-18-8-3-4-9-19(18)31-22/h3-12H,1-2H3,(H2,25,27,28,30). The molecular formula is C23H18ClN3O2S2. The number of para-hydroxylation sites is 2. The maximum absolute atomic E-state index is 12.7. The number of aromatic nitrogens is 1. The maximum Gasteiger partial charge on any atom is 0.261 e. The number of nitrogens with zero attached hydrogens (tertiary/aromatic N) is 1. The van der Waals surface area contributed by atoms with E-state index in [4.69, 9.17) is 28.6 Å². The van der Waals surface area contributed by atoms with Gasteiger partial charge in [-0.25, -0.2) is 4.98 Å². The van der Waals surface area contributed by atoms with Crippen LogP contribution in [0.5, 0.6) is 5.75 Å². The predicted molar refractivity (Wildman–Crippen MR) is 131 cm³/mol. The topological polar surface area (TPSA) is 63.2 Å². The van der Waals surface area contributed by atoms with Crippen molar-refractivity contribution in [1.82, 2.24) is 10.3 Å². The van der Waals surface area contributed by atoms with Crippen LogP contribution in [0.1, 0.15) is 15.9 Å². The number of ether oxygens (including phenoxy) is 1. The highest BCUT2D eigenvalue weighted by Crippen LogP contribution is 2.35. The number of benzene rings is 3. The van der Waals surface area contributed by atoms with Crippen LogP contribution in [0.4, 0.5) is 5.69 Å². The van der Waals surface area contributed by atoms with Crippen molar-refractivity contribution in [2.24, 2.45) is 0 Å². The second kappa shape index (κ2) is 9.01. The number of hydrogen-bond donors (Lipinski definition) is 2. The summed E-state index contributed by atoms with van der Waals surface area (Å²) in [6, 6.07) is 18.7. The number of nitrogens with one attached hydrogen (secondary N) is 2. The van der Waals surface area contributed by atoms with Crippen molar-refractivity contribution in [3.63, 3.8) is 0 Å². The average molecular weight is 468 g/mol. The second-order valence-electron chi connectivity index (χ2n) is 6.75. The molecule has 156 valence electrons. The summed E-state index contributed by atoms with van der Waals surface area (Å²) in [6.07, 6.45) is 0. The minimum absolute atomic E-state index is 0.172. The van der Waals surface area contributed by atoms with E-state index in [-0.39, 0.29) is 11.0 Å². The highest BCUT2D eigenvalue weighted by Gasteiger charge is 2.16. The Kier molecular flexibility index (Phi) is 6.18. The second-order valence-corrected chi connectivity index (χ2v) is 8.59. The number of aryl methyl sites for hydroxylation is 1. The molecule has 0 saturated heterocycles. The van der Waals surface area contributed by atoms with E-state index in [0.717, 1.165) is 26.4 Å². The average Bonchev–Trinajstić information content (AvgIpc) is 3.18. The molecule has 0 spiro atoms. The molecule has 0 aliphatic heterocycles. The summed E-state index contributed by atoms with van der Waals surface area (Å²) in [7, 11) is 1.53. The van der Waals surface area contributed by atoms with E-state index in [2.05, 4.69) is 15.6 Å². The third-order valence-electron chi connectivity index (χ3n) is 4.64. The molecule has 4 aromatic rings. The molecule has 0 bridgehead atoms. The summed E-state index contributed by atoms with van der Waals surface area (Å²) < 4.78 is 6.44. The van der Waals surface area contributed by atoms with Crippen LogP contribution in [0.25, 0.3) is 20.8 Å². The van der Waals surface area contributed by atoms with E-state index in [9.17, 15) is 4.79 Å². The normalized spacial score (nSPS) is 10.7. The van der Waals surface area contributed by atoms with Gasteiger partial charge in [0.1, 0.15) is 10.8 Å². The van der Waals surface area contributed by atoms with Gasteiger partial charge in [-0.05, 0) is 61.1 Å². The van der Waals surface area contributed by atoms with E-state index >= 15 is 0 Å². The van der Waals surface area contributed by atoms with Crippen LogP contribution in [0.3, 0.4) is 0 Å². The first kappa shape index (κ1) is 21.2. The molecular weight excluding hydrogens is 450 g/mol. The number of thiazole rings is 1. The fraction of sp³-hybridized carbons (Fsp3) is 0.0870. The van der Waals surface area contributed by atoms with Crippen molar-refractivity contribution in [1.29, 1.82) is 0 Å². The van der Waals surface area contributed by atoms with Gasteiger partial charge < -0.3 is 10.1 Å². The Hall–Kier alpha value is -3.00. The van der Waals surface area contributed by atoms with Gasteiger partial charge in [0.15, 0.2) is 5.11 Å². The van der Waals surface area contributed by atoms with Gasteiger partial charge >= 0.3 is 0 Å². The SMILES string of the molecule is COc1c(C)cccc1C(=O)NC(=S)Nc1ccc(Cl)c(-c2nc3ccccc3s2)c1. The Morgan fingerprint density at radius 3 is 2.71 bits per heavy atom. The van der Waals surface area contributed by atoms with Gasteiger partial charge in [0.25, 0.3) is 5.91 Å². The zero-order valence-electron chi connectivity index (χ0n) is 16.7. The lowest BCUT2D eigenvalue weighted by Crippen LogP contribution is -2.34. The zero-order valence-corrected chi connectivity index (χ0v) is 19.1. The first-order chi connectivity index (χ1) is 15.0. The Morgan fingerprint density at radius 2 is 1.94 bits per heavy atom. The van der Waals surface area contributed by atoms with Crippen molar-refractivity contribution in [2.45, 2.75) is 6.92 Å². The smallest absolute Gasteiger partial charge is 0.261 e. The van der Waals surface area contributed by atoms with Gasteiger partial charge in [0, 0.05) is 11.3 Å². The van der Waals surface area contributed by atoms with Gasteiger partial charge in [0.2, 0.25) is 0 Å². The first-order valence-electron chi connectivity index (χ1n) is 9.37. The predicted octanol–water partition coefficient (Wildman–Crippen LogP) is 6.06. The number of carbonyl (C=O) groups excluding carboxylic acids is 1. The van der Waals surface area contributed by atoms with Crippen LogP contribution in [-0.4, -0.2) is 23.1 Å². The summed E-state index contributed by atoms with van der Waals surface area (Å²) in [5, 5.41) is 7.31. The van der Waals surface area contributed by atoms with Crippen molar-refractivity contribution in [2.75, 3.05) is 12.4 Å². The molecule has 1 heterocycles. The van der Waals surface area contributed by atoms with Crippen LogP contribution >= 0.6 is 35.2 Å². The van der Waals surface area contributed by atoms with Crippen molar-refractivity contribution < 1.29 is 9.53 Å². The Labute approximate surface area is 194 Å². The lowest BCUT2D eigenvalue weighted by atomic mass is 10.1. The number of amides is 1. The largest absolute Gasteiger partial charge is 0.496 e. The highest BCUT2D eigenvalue weighted by atomic mass is 35.5. The number of carbonyl (C=O) groups is 1. The van der Waals surface area contributed by atoms with Crippen LogP contribution in [0.15, 0.2) is 60.7 Å². The minimum Gasteiger partial charge on any atom is -0.496 e. The molecule has 0 atom stereocenters. The summed E-state index contributed by atoms with van der Waals surface area (Å²) in [5.41, 5.74) is 3.69. The van der Waals surface area contributed by atoms with E-state index in [0.29, 0.717) is 22.0 Å². The number of fused-ring (bicyclic) bond motifs is 1. The molecule has 0 fully saturated rings. The first-order valence-corrected chi connectivity index (χ1v) is 11.0. The maximum atomic E-state index is 12.7. The molecule has 8 heteroatoms. The molecule has 31 heavy (non-hydrogen) atoms. The zero-order chi connectivity index (χ0) is 22.0. The molecule has 2 N–H and O–H groups in total. The number of halogens is 1. The Bertz CT molecular complexity index is 1270. The summed E-state index contributed by atoms with van der Waals surface area (Å²) in [5.74, 6) is 0.172. The quantitative estimate of drug-likeness (QED) is 0.357. The lowest BCUT2D eigenvalue weighted by molar-refractivity contribution is 0.0974. The fourth-order valence-electron chi connectivity index (χ4n) is 3.19. The van der Waals surface area contributed by atoms with Gasteiger partial charge in [-0.15, -0.1) is 11.3 Å². The van der Waals surface area contributed by atoms with Crippen molar-refractivity contribution >= 4 is 62.1 Å². The third kappa shape index (κ3) is 4.54. The lowest BCUT2D eigenvalue weighted by Gasteiger charge is -2.13. The van der Waals surface area contributed by atoms with Crippen LogP contribution < -0.4 is 15.4 Å². The van der Waals surface area contributed by atoms with Crippen LogP contribution in [-0.2, 0) is 0 Å². The summed E-state index contributed by atoms with van der Waals surface area (Å²) in [6.45, 7) is 1.88. The number of methoxy groups -OCH3 is 1. The van der Waals surface area contributed by atoms with E-state index in [1.165, 1.54) is 7.11 Å². The Balaban J connectivity index is 1.53. The molecule has 1 amide bonds. The fourth-order valence-corrected chi connectivity index (χ4v) is 4.66. The van der Waals surface area contributed by atoms with Gasteiger partial charge in [0.05, 0.1) is 27.9 Å². The monoisotopic (exact) mass is 467 g/mol. The molecule has 3 aromatic carbocycles. The third-order valence-corrected chi connectivity index (χ3v) is 6.24. The number of thiocarbonyl (C=S) groups is 1. The molecule has 0 aliphatic carbocycles. The summed E-state index contributed by atoms with van der Waals surface area (Å²) >= 11 is 13.3. The molecule has 0 aliphatic rings. The van der Waals surface area contributed by atoms with Gasteiger partial charge in [-0.2, -0.15) is 0 Å². The van der Waals surface area contributed by atoms with E-state index < -0.39 is 0 Å². The number of anilines is 1. The number of hydrogen-bond acceptors (Lipinski definition) is 5. The van der Waals surface area contributed by atoms with Crippen molar-refractivity contribution in [3.8, 4) is 16.3 Å². The number of rotatable bonds is 4. The van der Waals surface area contributed by atoms with Gasteiger partial charge in [-0.3, -0.25) is 10.1 Å². The van der Waals surface area contributed by atoms with E-state index in [1.807, 2.05) is 43.3 Å². The molecule has 1 aromatic heterocycles.